The van der Waals surface area contributed by atoms with Crippen LogP contribution in [-0.4, -0.2) is 19.6 Å². The van der Waals surface area contributed by atoms with E-state index in [9.17, 15) is 5.11 Å². The summed E-state index contributed by atoms with van der Waals surface area (Å²) in [5.41, 5.74) is 19.0. The van der Waals surface area contributed by atoms with Crippen LogP contribution in [-0.2, 0) is 31.9 Å². The van der Waals surface area contributed by atoms with Crippen molar-refractivity contribution in [2.45, 2.75) is 73.1 Å². The van der Waals surface area contributed by atoms with Crippen molar-refractivity contribution in [3.05, 3.63) is 192 Å². The summed E-state index contributed by atoms with van der Waals surface area (Å²) in [6, 6.07) is 57.7. The first-order chi connectivity index (χ1) is 30.1. The summed E-state index contributed by atoms with van der Waals surface area (Å²) >= 11 is 0. The SMILES string of the molecule is Cc1ccc(-c2ccnc(-c3[c-]c(-c4cccc5c4nc(-c4cc(C)cc(C)c4O)n5-c4cc(-c5ccccc5)c(C(C)(C)C)cc4-c4ccccc4)cc(C(C)(C)C)c3)c2)cc1.[Pt]. The Morgan fingerprint density at radius 3 is 1.84 bits per heavy atom. The number of rotatable bonds is 7. The zero-order valence-corrected chi connectivity index (χ0v) is 40.4. The summed E-state index contributed by atoms with van der Waals surface area (Å²) in [4.78, 5) is 10.5. The van der Waals surface area contributed by atoms with Gasteiger partial charge in [-0.25, -0.2) is 4.98 Å². The number of para-hydroxylation sites is 1. The molecule has 9 rings (SSSR count). The number of aromatic hydroxyl groups is 1. The molecule has 1 N–H and O–H groups in total. The van der Waals surface area contributed by atoms with Crippen molar-refractivity contribution < 1.29 is 26.2 Å². The monoisotopic (exact) mass is 1020 g/mol. The van der Waals surface area contributed by atoms with Gasteiger partial charge in [0.1, 0.15) is 11.6 Å². The molecule has 2 heterocycles. The van der Waals surface area contributed by atoms with Crippen molar-refractivity contribution in [2.24, 2.45) is 0 Å². The fourth-order valence-electron chi connectivity index (χ4n) is 8.76. The van der Waals surface area contributed by atoms with E-state index in [4.69, 9.17) is 9.97 Å². The fraction of sp³-hybridized carbons (Fsp3) is 0.186. The molecule has 0 aliphatic rings. The molecule has 0 atom stereocenters. The molecule has 322 valence electrons. The van der Waals surface area contributed by atoms with E-state index in [0.29, 0.717) is 11.4 Å². The van der Waals surface area contributed by atoms with E-state index in [1.165, 1.54) is 16.7 Å². The smallest absolute Gasteiger partial charge is 0.148 e. The molecule has 0 radical (unpaired) electrons. The van der Waals surface area contributed by atoms with E-state index in [2.05, 4.69) is 212 Å². The second-order valence-electron chi connectivity index (χ2n) is 19.1. The van der Waals surface area contributed by atoms with Gasteiger partial charge in [0.05, 0.1) is 22.3 Å². The molecule has 0 aliphatic heterocycles. The number of aromatic nitrogens is 3. The molecule has 4 nitrogen and oxygen atoms in total. The van der Waals surface area contributed by atoms with Crippen LogP contribution in [0.3, 0.4) is 0 Å². The van der Waals surface area contributed by atoms with Crippen molar-refractivity contribution in [3.8, 4) is 78.6 Å². The number of imidazole rings is 1. The molecule has 0 saturated carbocycles. The van der Waals surface area contributed by atoms with Crippen LogP contribution in [0.25, 0.3) is 83.9 Å². The normalized spacial score (nSPS) is 11.8. The van der Waals surface area contributed by atoms with Crippen LogP contribution in [0.5, 0.6) is 5.75 Å². The Balaban J connectivity index is 0.00000560. The van der Waals surface area contributed by atoms with Crippen LogP contribution in [0.2, 0.25) is 0 Å². The predicted molar refractivity (Wildman–Crippen MR) is 264 cm³/mol. The molecule has 0 amide bonds. The number of aryl methyl sites for hydroxylation is 3. The Morgan fingerprint density at radius 2 is 1.19 bits per heavy atom. The van der Waals surface area contributed by atoms with Gasteiger partial charge in [-0.2, -0.15) is 0 Å². The second-order valence-corrected chi connectivity index (χ2v) is 19.1. The molecule has 0 unspecified atom stereocenters. The summed E-state index contributed by atoms with van der Waals surface area (Å²) in [6.07, 6.45) is 1.89. The third-order valence-electron chi connectivity index (χ3n) is 12.2. The first kappa shape index (κ1) is 44.3. The molecule has 2 aromatic heterocycles. The number of benzene rings is 7. The molecule has 0 spiro atoms. The van der Waals surface area contributed by atoms with Crippen LogP contribution >= 0.6 is 0 Å². The molecular weight excluding hydrogens is 962 g/mol. The van der Waals surface area contributed by atoms with E-state index in [0.717, 1.165) is 83.6 Å². The average Bonchev–Trinajstić information content (AvgIpc) is 3.67. The maximum atomic E-state index is 12.0. The molecule has 0 fully saturated rings. The van der Waals surface area contributed by atoms with Crippen molar-refractivity contribution in [2.75, 3.05) is 0 Å². The number of phenolic OH excluding ortho intramolecular Hbond substituents is 1. The Morgan fingerprint density at radius 1 is 0.531 bits per heavy atom. The van der Waals surface area contributed by atoms with Gasteiger partial charge in [0.2, 0.25) is 0 Å². The van der Waals surface area contributed by atoms with Gasteiger partial charge in [-0.3, -0.25) is 9.55 Å². The van der Waals surface area contributed by atoms with Crippen LogP contribution in [0.4, 0.5) is 0 Å². The topological polar surface area (TPSA) is 50.9 Å². The maximum absolute atomic E-state index is 12.0. The number of hydrogen-bond acceptors (Lipinski definition) is 3. The molecule has 0 saturated heterocycles. The molecule has 9 aromatic rings. The largest absolute Gasteiger partial charge is 0.507 e. The third kappa shape index (κ3) is 8.52. The van der Waals surface area contributed by atoms with Crippen molar-refractivity contribution in [1.82, 2.24) is 14.5 Å². The van der Waals surface area contributed by atoms with Crippen molar-refractivity contribution in [3.63, 3.8) is 0 Å². The summed E-state index contributed by atoms with van der Waals surface area (Å²) in [5, 5.41) is 12.0. The molecule has 5 heteroatoms. The molecule has 0 bridgehead atoms. The first-order valence-electron chi connectivity index (χ1n) is 21.9. The minimum absolute atomic E-state index is 0. The second kappa shape index (κ2) is 17.3. The van der Waals surface area contributed by atoms with E-state index < -0.39 is 0 Å². The standard InChI is InChI=1S/C59H54N3O.Pt/c1-37-23-25-40(26-24-37)43-27-28-60-52(34-43)45-31-44(32-46(33-45)58(4,5)6)47-21-16-22-53-55(47)61-57(50-30-38(2)29-39(3)56(50)63)62(53)54-36-48(41-17-12-10-13-18-41)51(59(7,8)9)35-49(54)42-19-14-11-15-20-42;/h10-30,32-36,63H,1-9H3;/q-1;. The van der Waals surface area contributed by atoms with Crippen molar-refractivity contribution >= 4 is 11.0 Å². The average molecular weight is 1020 g/mol. The van der Waals surface area contributed by atoms with Gasteiger partial charge < -0.3 is 5.11 Å². The number of phenols is 1. The predicted octanol–water partition coefficient (Wildman–Crippen LogP) is 15.4. The first-order valence-corrected chi connectivity index (χ1v) is 21.9. The number of pyridine rings is 1. The summed E-state index contributed by atoms with van der Waals surface area (Å²) < 4.78 is 2.27. The van der Waals surface area contributed by atoms with E-state index >= 15 is 0 Å². The minimum Gasteiger partial charge on any atom is -0.507 e. The molecular formula is C59H54N3OPt-. The number of fused-ring (bicyclic) bond motifs is 1. The summed E-state index contributed by atoms with van der Waals surface area (Å²) in [6.45, 7) is 19.7. The minimum atomic E-state index is -0.163. The summed E-state index contributed by atoms with van der Waals surface area (Å²) in [5.74, 6) is 0.888. The van der Waals surface area contributed by atoms with Gasteiger partial charge >= 0.3 is 0 Å². The maximum Gasteiger partial charge on any atom is 0.148 e. The molecule has 64 heavy (non-hydrogen) atoms. The van der Waals surface area contributed by atoms with E-state index in [1.54, 1.807) is 0 Å². The molecule has 7 aromatic carbocycles. The summed E-state index contributed by atoms with van der Waals surface area (Å²) in [7, 11) is 0. The van der Waals surface area contributed by atoms with Gasteiger partial charge in [0.25, 0.3) is 0 Å². The van der Waals surface area contributed by atoms with Gasteiger partial charge in [-0.15, -0.1) is 29.3 Å². The van der Waals surface area contributed by atoms with E-state index in [1.807, 2.05) is 19.2 Å². The zero-order valence-electron chi connectivity index (χ0n) is 38.1. The molecule has 0 aliphatic carbocycles. The Hall–Kier alpha value is -6.35. The fourth-order valence-corrected chi connectivity index (χ4v) is 8.76. The van der Waals surface area contributed by atoms with Gasteiger partial charge in [-0.05, 0) is 106 Å². The van der Waals surface area contributed by atoms with Gasteiger partial charge in [0.15, 0.2) is 0 Å². The zero-order chi connectivity index (χ0) is 44.2. The number of hydrogen-bond donors (Lipinski definition) is 1. The van der Waals surface area contributed by atoms with Crippen molar-refractivity contribution in [1.29, 1.82) is 0 Å². The van der Waals surface area contributed by atoms with E-state index in [-0.39, 0.29) is 37.6 Å². The number of nitrogens with zero attached hydrogens (tertiary/aromatic N) is 3. The Bertz CT molecular complexity index is 3150. The quantitative estimate of drug-likeness (QED) is 0.162. The van der Waals surface area contributed by atoms with Crippen LogP contribution < -0.4 is 0 Å². The third-order valence-corrected chi connectivity index (χ3v) is 12.2. The van der Waals surface area contributed by atoms with Crippen LogP contribution in [0, 0.1) is 26.8 Å². The van der Waals surface area contributed by atoms with Gasteiger partial charge in [-0.1, -0.05) is 167 Å². The van der Waals surface area contributed by atoms with Crippen LogP contribution in [0.15, 0.2) is 158 Å². The van der Waals surface area contributed by atoms with Crippen LogP contribution in [0.1, 0.15) is 69.4 Å². The van der Waals surface area contributed by atoms with Gasteiger partial charge in [0, 0.05) is 38.5 Å². The Kier molecular flexibility index (Phi) is 12.0. The Labute approximate surface area is 393 Å².